The molecule has 16 nitrogen and oxygen atoms in total. The van der Waals surface area contributed by atoms with Crippen molar-refractivity contribution in [2.24, 2.45) is 0 Å². The van der Waals surface area contributed by atoms with Gasteiger partial charge in [-0.3, -0.25) is 0 Å². The number of aromatic nitrogens is 8. The fourth-order valence-corrected chi connectivity index (χ4v) is 9.03. The van der Waals surface area contributed by atoms with Crippen LogP contribution in [0.1, 0.15) is 102 Å². The van der Waals surface area contributed by atoms with Gasteiger partial charge in [-0.1, -0.05) is 54.4 Å². The summed E-state index contributed by atoms with van der Waals surface area (Å²) < 4.78 is 36.1. The highest BCUT2D eigenvalue weighted by molar-refractivity contribution is 9.10. The van der Waals surface area contributed by atoms with Crippen LogP contribution in [0.5, 0.6) is 17.4 Å². The number of rotatable bonds is 6. The summed E-state index contributed by atoms with van der Waals surface area (Å²) in [6, 6.07) is 21.8. The number of carbonyl (C=O) groups excluding carboxylic acids is 2. The number of carbonyl (C=O) groups is 2. The first kappa shape index (κ1) is 52.4. The number of hydrogen-bond acceptors (Lipinski definition) is 12. The van der Waals surface area contributed by atoms with Crippen molar-refractivity contribution in [3.05, 3.63) is 110 Å². The minimum Gasteiger partial charge on any atom is -0.508 e. The molecule has 0 radical (unpaired) electrons. The Morgan fingerprint density at radius 1 is 0.638 bits per heavy atom. The number of likely N-dealkylation sites (tertiary alicyclic amines) is 2. The SMILES string of the molecule is Cc1cc(Br)cc(Oc2cccc(-c3c(C)nnn3C3CCN(C(=O)OC(C)(C)C)CC3)n2)c1.Cc1cc(O)cc(Br)c1.Cc1nnn(C2CCN(C(=O)OC(C)(C)C)CC2)c1-c1cccc(F)n1. The van der Waals surface area contributed by atoms with Crippen molar-refractivity contribution in [1.82, 2.24) is 49.8 Å². The fraction of sp³-hybridized carbons (Fsp3) is 0.440. The van der Waals surface area contributed by atoms with E-state index in [-0.39, 0.29) is 24.3 Å². The van der Waals surface area contributed by atoms with Gasteiger partial charge in [0.1, 0.15) is 34.1 Å². The molecule has 6 aromatic rings. The number of benzene rings is 2. The highest BCUT2D eigenvalue weighted by Gasteiger charge is 2.32. The summed E-state index contributed by atoms with van der Waals surface area (Å²) in [5.41, 5.74) is 5.51. The molecule has 0 spiro atoms. The summed E-state index contributed by atoms with van der Waals surface area (Å²) in [5, 5.41) is 26.1. The molecule has 4 aromatic heterocycles. The van der Waals surface area contributed by atoms with Gasteiger partial charge in [0.2, 0.25) is 11.8 Å². The van der Waals surface area contributed by atoms with E-state index in [2.05, 4.69) is 57.5 Å². The Morgan fingerprint density at radius 3 is 1.52 bits per heavy atom. The first-order valence-electron chi connectivity index (χ1n) is 22.8. The van der Waals surface area contributed by atoms with Crippen LogP contribution in [0.2, 0.25) is 0 Å². The average Bonchev–Trinajstić information content (AvgIpc) is 3.84. The fourth-order valence-electron chi connectivity index (χ4n) is 7.85. The second kappa shape index (κ2) is 22.6. The number of aromatic hydroxyl groups is 1. The largest absolute Gasteiger partial charge is 0.508 e. The molecule has 0 saturated carbocycles. The number of aryl methyl sites for hydroxylation is 4. The summed E-state index contributed by atoms with van der Waals surface area (Å²) in [6.07, 6.45) is 2.42. The van der Waals surface area contributed by atoms with E-state index in [1.54, 1.807) is 34.1 Å². The summed E-state index contributed by atoms with van der Waals surface area (Å²) >= 11 is 6.76. The summed E-state index contributed by atoms with van der Waals surface area (Å²) in [5.74, 6) is 0.993. The molecule has 19 heteroatoms. The monoisotopic (exact) mass is 1070 g/mol. The van der Waals surface area contributed by atoms with E-state index in [1.165, 1.54) is 6.07 Å². The summed E-state index contributed by atoms with van der Waals surface area (Å²) in [7, 11) is 0. The minimum absolute atomic E-state index is 0.0787. The van der Waals surface area contributed by atoms with Crippen LogP contribution in [0.15, 0.2) is 81.7 Å². The first-order valence-corrected chi connectivity index (χ1v) is 24.4. The Labute approximate surface area is 419 Å². The van der Waals surface area contributed by atoms with Gasteiger partial charge in [-0.25, -0.2) is 28.9 Å². The predicted octanol–water partition coefficient (Wildman–Crippen LogP) is 11.9. The lowest BCUT2D eigenvalue weighted by atomic mass is 10.0. The molecule has 2 aliphatic rings. The lowest BCUT2D eigenvalue weighted by Gasteiger charge is -2.33. The van der Waals surface area contributed by atoms with Gasteiger partial charge in [-0.05, 0) is 161 Å². The number of nitrogens with zero attached hydrogens (tertiary/aromatic N) is 10. The van der Waals surface area contributed by atoms with E-state index >= 15 is 0 Å². The minimum atomic E-state index is -0.533. The number of pyridine rings is 2. The predicted molar refractivity (Wildman–Crippen MR) is 268 cm³/mol. The maximum absolute atomic E-state index is 13.5. The van der Waals surface area contributed by atoms with Crippen molar-refractivity contribution in [3.8, 4) is 40.2 Å². The molecule has 69 heavy (non-hydrogen) atoms. The zero-order valence-corrected chi connectivity index (χ0v) is 44.0. The molecule has 0 unspecified atom stereocenters. The van der Waals surface area contributed by atoms with Gasteiger partial charge in [0, 0.05) is 41.2 Å². The Kier molecular flexibility index (Phi) is 17.2. The summed E-state index contributed by atoms with van der Waals surface area (Å²) in [6.45, 7) is 21.3. The molecular formula is C50H61Br2FN10O6. The van der Waals surface area contributed by atoms with Gasteiger partial charge in [0.05, 0.1) is 34.9 Å². The Morgan fingerprint density at radius 2 is 1.09 bits per heavy atom. The maximum atomic E-state index is 13.5. The molecule has 2 aromatic carbocycles. The van der Waals surface area contributed by atoms with Crippen molar-refractivity contribution in [2.45, 2.75) is 118 Å². The second-order valence-electron chi connectivity index (χ2n) is 19.1. The van der Waals surface area contributed by atoms with Crippen LogP contribution in [0.4, 0.5) is 14.0 Å². The molecule has 6 heterocycles. The number of hydrogen-bond donors (Lipinski definition) is 1. The van der Waals surface area contributed by atoms with Crippen LogP contribution in [-0.4, -0.2) is 104 Å². The van der Waals surface area contributed by atoms with Crippen molar-refractivity contribution < 1.29 is 33.3 Å². The van der Waals surface area contributed by atoms with Crippen LogP contribution in [-0.2, 0) is 9.47 Å². The number of amides is 2. The zero-order chi connectivity index (χ0) is 50.2. The van der Waals surface area contributed by atoms with Gasteiger partial charge in [-0.15, -0.1) is 10.2 Å². The zero-order valence-electron chi connectivity index (χ0n) is 40.8. The van der Waals surface area contributed by atoms with Crippen molar-refractivity contribution in [1.29, 1.82) is 0 Å². The van der Waals surface area contributed by atoms with Crippen LogP contribution >= 0.6 is 31.9 Å². The number of phenolic OH excluding ortho intramolecular Hbond substituents is 1. The Balaban J connectivity index is 0.000000196. The topological polar surface area (TPSA) is 176 Å². The number of halogens is 3. The molecular weight excluding hydrogens is 1020 g/mol. The first-order chi connectivity index (χ1) is 32.5. The average molecular weight is 1080 g/mol. The standard InChI is InChI=1S/C25H30BrN5O3.C18H24FN5O2.C7H7BrO/c1-16-13-18(26)15-20(14-16)33-22-8-6-7-21(27-22)23-17(2)28-29-31(23)19-9-11-30(12-10-19)24(32)34-25(3,4)5;1-12-16(14-6-5-7-15(19)20-14)24(22-21-12)13-8-10-23(11-9-13)17(25)26-18(2,3)4;1-5-2-6(8)4-7(9)3-5/h6-8,13-15,19H,9-12H2,1-5H3;5-7,13H,8-11H2,1-4H3;2-4,9H,1H3. The van der Waals surface area contributed by atoms with Gasteiger partial charge < -0.3 is 29.1 Å². The number of ether oxygens (including phenoxy) is 3. The van der Waals surface area contributed by atoms with Crippen molar-refractivity contribution >= 4 is 44.0 Å². The lowest BCUT2D eigenvalue weighted by molar-refractivity contribution is 0.0174. The van der Waals surface area contributed by atoms with Crippen molar-refractivity contribution in [2.75, 3.05) is 26.2 Å². The molecule has 368 valence electrons. The summed E-state index contributed by atoms with van der Waals surface area (Å²) in [4.78, 5) is 36.8. The third-order valence-corrected chi connectivity index (χ3v) is 11.8. The van der Waals surface area contributed by atoms with Crippen LogP contribution < -0.4 is 4.74 Å². The normalized spacial score (nSPS) is 14.6. The van der Waals surface area contributed by atoms with E-state index in [4.69, 9.17) is 24.3 Å². The molecule has 0 atom stereocenters. The van der Waals surface area contributed by atoms with E-state index in [0.29, 0.717) is 49.2 Å². The van der Waals surface area contributed by atoms with E-state index in [1.807, 2.05) is 121 Å². The van der Waals surface area contributed by atoms with E-state index < -0.39 is 17.1 Å². The molecule has 0 bridgehead atoms. The third-order valence-electron chi connectivity index (χ3n) is 10.8. The van der Waals surface area contributed by atoms with Crippen LogP contribution in [0, 0.1) is 33.6 Å². The van der Waals surface area contributed by atoms with Gasteiger partial charge in [-0.2, -0.15) is 4.39 Å². The maximum Gasteiger partial charge on any atom is 0.410 e. The molecule has 2 amide bonds. The van der Waals surface area contributed by atoms with Crippen LogP contribution in [0.25, 0.3) is 22.8 Å². The van der Waals surface area contributed by atoms with Crippen molar-refractivity contribution in [3.63, 3.8) is 0 Å². The van der Waals surface area contributed by atoms with Gasteiger partial charge >= 0.3 is 12.2 Å². The highest BCUT2D eigenvalue weighted by Crippen LogP contribution is 2.33. The smallest absolute Gasteiger partial charge is 0.410 e. The molecule has 1 N–H and O–H groups in total. The lowest BCUT2D eigenvalue weighted by Crippen LogP contribution is -2.42. The highest BCUT2D eigenvalue weighted by atomic mass is 79.9. The van der Waals surface area contributed by atoms with Crippen LogP contribution in [0.3, 0.4) is 0 Å². The molecule has 2 saturated heterocycles. The van der Waals surface area contributed by atoms with Gasteiger partial charge in [0.15, 0.2) is 0 Å². The van der Waals surface area contributed by atoms with E-state index in [0.717, 1.165) is 74.3 Å². The Bertz CT molecular complexity index is 2650. The molecule has 2 aliphatic heterocycles. The number of piperidine rings is 2. The third kappa shape index (κ3) is 15.0. The molecule has 8 rings (SSSR count). The molecule has 2 fully saturated rings. The second-order valence-corrected chi connectivity index (χ2v) is 20.9. The van der Waals surface area contributed by atoms with E-state index in [9.17, 15) is 14.0 Å². The number of phenols is 1. The molecule has 0 aliphatic carbocycles. The quantitative estimate of drug-likeness (QED) is 0.156. The van der Waals surface area contributed by atoms with Gasteiger partial charge in [0.25, 0.3) is 0 Å². The Hall–Kier alpha value is -5.95.